The number of halogens is 1. The number of anilines is 1. The van der Waals surface area contributed by atoms with E-state index in [1.54, 1.807) is 11.1 Å². The van der Waals surface area contributed by atoms with Gasteiger partial charge in [-0.25, -0.2) is 14.4 Å². The lowest BCUT2D eigenvalue weighted by Crippen LogP contribution is -2.28. The Hall–Kier alpha value is -2.04. The second-order valence-electron chi connectivity index (χ2n) is 3.41. The standard InChI is InChI=1S/C10H9FN4/c11-8-1-2-10(13-4-8)15-6-7-3-12-5-9(7)14-15/h1-2,4-6,12,14H,3H2. The SMILES string of the molecule is Fc1ccc(N2C=C3CNC=C3N2)nc1. The van der Waals surface area contributed by atoms with Crippen molar-refractivity contribution in [3.8, 4) is 0 Å². The van der Waals surface area contributed by atoms with Crippen molar-refractivity contribution in [2.45, 2.75) is 0 Å². The first-order chi connectivity index (χ1) is 7.33. The normalized spacial score (nSPS) is 17.8. The highest BCUT2D eigenvalue weighted by atomic mass is 19.1. The quantitative estimate of drug-likeness (QED) is 0.712. The minimum Gasteiger partial charge on any atom is -0.385 e. The molecule has 0 bridgehead atoms. The fourth-order valence-corrected chi connectivity index (χ4v) is 1.62. The van der Waals surface area contributed by atoms with Crippen LogP contribution in [0.15, 0.2) is 42.0 Å². The van der Waals surface area contributed by atoms with Gasteiger partial charge in [0.15, 0.2) is 5.82 Å². The molecule has 5 heteroatoms. The van der Waals surface area contributed by atoms with Gasteiger partial charge in [0.2, 0.25) is 0 Å². The van der Waals surface area contributed by atoms with Crippen molar-refractivity contribution in [3.05, 3.63) is 47.8 Å². The van der Waals surface area contributed by atoms with Crippen molar-refractivity contribution in [2.75, 3.05) is 11.6 Å². The summed E-state index contributed by atoms with van der Waals surface area (Å²) in [7, 11) is 0. The Kier molecular flexibility index (Phi) is 1.65. The molecule has 2 aliphatic rings. The molecular formula is C10H9FN4. The van der Waals surface area contributed by atoms with E-state index in [2.05, 4.69) is 15.7 Å². The van der Waals surface area contributed by atoms with Crippen LogP contribution in [0.4, 0.5) is 10.2 Å². The van der Waals surface area contributed by atoms with Crippen LogP contribution in [0, 0.1) is 5.82 Å². The molecule has 0 unspecified atom stereocenters. The molecule has 3 heterocycles. The number of pyridine rings is 1. The summed E-state index contributed by atoms with van der Waals surface area (Å²) in [4.78, 5) is 3.98. The first-order valence-corrected chi connectivity index (χ1v) is 4.65. The first-order valence-electron chi connectivity index (χ1n) is 4.65. The third-order valence-corrected chi connectivity index (χ3v) is 2.37. The molecule has 2 aliphatic heterocycles. The largest absolute Gasteiger partial charge is 0.385 e. The van der Waals surface area contributed by atoms with Gasteiger partial charge in [0.1, 0.15) is 5.82 Å². The summed E-state index contributed by atoms with van der Waals surface area (Å²) in [5.74, 6) is 0.353. The number of aromatic nitrogens is 1. The molecule has 0 atom stereocenters. The number of hydrogen-bond acceptors (Lipinski definition) is 4. The molecule has 1 aromatic heterocycles. The maximum atomic E-state index is 12.7. The molecular weight excluding hydrogens is 195 g/mol. The number of fused-ring (bicyclic) bond motifs is 1. The fourth-order valence-electron chi connectivity index (χ4n) is 1.62. The zero-order chi connectivity index (χ0) is 10.3. The third-order valence-electron chi connectivity index (χ3n) is 2.37. The molecule has 1 aromatic rings. The summed E-state index contributed by atoms with van der Waals surface area (Å²) in [6.45, 7) is 0.819. The summed E-state index contributed by atoms with van der Waals surface area (Å²) in [6, 6.07) is 3.03. The number of rotatable bonds is 1. The van der Waals surface area contributed by atoms with Gasteiger partial charge in [-0.15, -0.1) is 0 Å². The predicted molar refractivity (Wildman–Crippen MR) is 54.0 cm³/mol. The lowest BCUT2D eigenvalue weighted by atomic mass is 10.3. The monoisotopic (exact) mass is 204 g/mol. The van der Waals surface area contributed by atoms with Crippen molar-refractivity contribution >= 4 is 5.82 Å². The highest BCUT2D eigenvalue weighted by Gasteiger charge is 2.21. The average Bonchev–Trinajstić information content (AvgIpc) is 2.78. The molecule has 0 amide bonds. The van der Waals surface area contributed by atoms with Crippen LogP contribution < -0.4 is 15.8 Å². The average molecular weight is 204 g/mol. The highest BCUT2D eigenvalue weighted by Crippen LogP contribution is 2.22. The van der Waals surface area contributed by atoms with Gasteiger partial charge in [-0.2, -0.15) is 0 Å². The van der Waals surface area contributed by atoms with E-state index in [0.29, 0.717) is 5.82 Å². The molecule has 4 nitrogen and oxygen atoms in total. The van der Waals surface area contributed by atoms with Gasteiger partial charge in [0.25, 0.3) is 0 Å². The predicted octanol–water partition coefficient (Wildman–Crippen LogP) is 0.874. The Morgan fingerprint density at radius 3 is 3.07 bits per heavy atom. The van der Waals surface area contributed by atoms with Crippen molar-refractivity contribution < 1.29 is 4.39 Å². The highest BCUT2D eigenvalue weighted by molar-refractivity contribution is 5.52. The topological polar surface area (TPSA) is 40.2 Å². The summed E-state index contributed by atoms with van der Waals surface area (Å²) in [5, 5.41) is 4.88. The molecule has 0 aliphatic carbocycles. The summed E-state index contributed by atoms with van der Waals surface area (Å²) in [6.07, 6.45) is 5.07. The van der Waals surface area contributed by atoms with Crippen LogP contribution in [0.25, 0.3) is 0 Å². The van der Waals surface area contributed by atoms with Crippen molar-refractivity contribution in [2.24, 2.45) is 0 Å². The molecule has 0 saturated carbocycles. The number of hydrazine groups is 1. The third kappa shape index (κ3) is 1.32. The van der Waals surface area contributed by atoms with Crippen LogP contribution in [0.1, 0.15) is 0 Å². The molecule has 3 rings (SSSR count). The van der Waals surface area contributed by atoms with Gasteiger partial charge in [-0.1, -0.05) is 0 Å². The maximum Gasteiger partial charge on any atom is 0.151 e. The van der Waals surface area contributed by atoms with E-state index < -0.39 is 0 Å². The van der Waals surface area contributed by atoms with Crippen LogP contribution in [0.5, 0.6) is 0 Å². The minimum atomic E-state index is -0.327. The minimum absolute atomic E-state index is 0.327. The number of nitrogens with one attached hydrogen (secondary N) is 2. The fraction of sp³-hybridized carbons (Fsp3) is 0.100. The Morgan fingerprint density at radius 1 is 1.40 bits per heavy atom. The molecule has 0 spiro atoms. The lowest BCUT2D eigenvalue weighted by Gasteiger charge is -2.15. The first kappa shape index (κ1) is 8.28. The molecule has 2 N–H and O–H groups in total. The van der Waals surface area contributed by atoms with Crippen LogP contribution in [-0.2, 0) is 0 Å². The Bertz CT molecular complexity index is 449. The van der Waals surface area contributed by atoms with Crippen LogP contribution in [0.2, 0.25) is 0 Å². The molecule has 0 aromatic carbocycles. The second-order valence-corrected chi connectivity index (χ2v) is 3.41. The van der Waals surface area contributed by atoms with Crippen LogP contribution in [-0.4, -0.2) is 11.5 Å². The van der Waals surface area contributed by atoms with Gasteiger partial charge in [0.05, 0.1) is 11.9 Å². The zero-order valence-corrected chi connectivity index (χ0v) is 7.87. The van der Waals surface area contributed by atoms with Crippen molar-refractivity contribution in [3.63, 3.8) is 0 Å². The molecule has 0 saturated heterocycles. The summed E-state index contributed by atoms with van der Waals surface area (Å²) in [5.41, 5.74) is 5.37. The molecule has 0 fully saturated rings. The molecule has 76 valence electrons. The molecule has 15 heavy (non-hydrogen) atoms. The smallest absolute Gasteiger partial charge is 0.151 e. The lowest BCUT2D eigenvalue weighted by molar-refractivity contribution is 0.620. The van der Waals surface area contributed by atoms with Crippen LogP contribution >= 0.6 is 0 Å². The molecule has 0 radical (unpaired) electrons. The Morgan fingerprint density at radius 2 is 2.33 bits per heavy atom. The number of hydrogen-bond donors (Lipinski definition) is 2. The van der Waals surface area contributed by atoms with E-state index in [-0.39, 0.29) is 5.82 Å². The second kappa shape index (κ2) is 2.98. The van der Waals surface area contributed by atoms with E-state index in [9.17, 15) is 4.39 Å². The van der Waals surface area contributed by atoms with Gasteiger partial charge in [-0.3, -0.25) is 5.43 Å². The Labute approximate surface area is 86.1 Å². The summed E-state index contributed by atoms with van der Waals surface area (Å²) >= 11 is 0. The van der Waals surface area contributed by atoms with E-state index >= 15 is 0 Å². The van der Waals surface area contributed by atoms with E-state index in [1.807, 2.05) is 12.4 Å². The van der Waals surface area contributed by atoms with Crippen molar-refractivity contribution in [1.82, 2.24) is 15.7 Å². The van der Waals surface area contributed by atoms with Crippen LogP contribution in [0.3, 0.4) is 0 Å². The van der Waals surface area contributed by atoms with E-state index in [1.165, 1.54) is 17.8 Å². The van der Waals surface area contributed by atoms with E-state index in [0.717, 1.165) is 12.2 Å². The van der Waals surface area contributed by atoms with E-state index in [4.69, 9.17) is 0 Å². The van der Waals surface area contributed by atoms with Gasteiger partial charge in [-0.05, 0) is 12.1 Å². The number of nitrogens with zero attached hydrogens (tertiary/aromatic N) is 2. The maximum absolute atomic E-state index is 12.7. The summed E-state index contributed by atoms with van der Waals surface area (Å²) < 4.78 is 12.7. The Balaban J connectivity index is 1.89. The van der Waals surface area contributed by atoms with Gasteiger partial charge >= 0.3 is 0 Å². The van der Waals surface area contributed by atoms with Gasteiger partial charge < -0.3 is 5.32 Å². The zero-order valence-electron chi connectivity index (χ0n) is 7.87. The van der Waals surface area contributed by atoms with Gasteiger partial charge in [0, 0.05) is 24.5 Å². The van der Waals surface area contributed by atoms with Crippen molar-refractivity contribution in [1.29, 1.82) is 0 Å².